The highest BCUT2D eigenvalue weighted by Crippen LogP contribution is 1.88. The minimum Gasteiger partial charge on any atom is -0.314 e. The zero-order valence-corrected chi connectivity index (χ0v) is 5.77. The summed E-state index contributed by atoms with van der Waals surface area (Å²) in [5.74, 6) is -0.369. The topological polar surface area (TPSA) is 52.9 Å². The number of hydrogen-bond acceptors (Lipinski definition) is 2. The standard InChI is InChI=1S/C7H8N2O/c1-5(2)7(10)9-6(3)4-8/h1,3H2,2H3,(H,9,10). The third-order valence-electron chi connectivity index (χ3n) is 0.787. The highest BCUT2D eigenvalue weighted by atomic mass is 16.1. The van der Waals surface area contributed by atoms with Gasteiger partial charge in [0.15, 0.2) is 0 Å². The molecule has 0 radical (unpaired) electrons. The average Bonchev–Trinajstić information content (AvgIpc) is 1.87. The quantitative estimate of drug-likeness (QED) is 0.449. The van der Waals surface area contributed by atoms with Crippen molar-refractivity contribution < 1.29 is 4.79 Å². The van der Waals surface area contributed by atoms with Gasteiger partial charge in [-0.2, -0.15) is 5.26 Å². The van der Waals surface area contributed by atoms with Gasteiger partial charge in [0.25, 0.3) is 5.91 Å². The Morgan fingerprint density at radius 1 is 1.60 bits per heavy atom. The van der Waals surface area contributed by atoms with Gasteiger partial charge in [0.05, 0.1) is 0 Å². The fraction of sp³-hybridized carbons (Fsp3) is 0.143. The van der Waals surface area contributed by atoms with Gasteiger partial charge in [0.2, 0.25) is 0 Å². The molecule has 0 bridgehead atoms. The van der Waals surface area contributed by atoms with Gasteiger partial charge in [-0.15, -0.1) is 0 Å². The molecule has 0 fully saturated rings. The molecule has 0 heterocycles. The molecular formula is C7H8N2O. The smallest absolute Gasteiger partial charge is 0.251 e. The van der Waals surface area contributed by atoms with E-state index in [4.69, 9.17) is 5.26 Å². The lowest BCUT2D eigenvalue weighted by Crippen LogP contribution is -2.21. The third-order valence-corrected chi connectivity index (χ3v) is 0.787. The minimum absolute atomic E-state index is 0.0352. The van der Waals surface area contributed by atoms with Gasteiger partial charge in [-0.05, 0) is 6.92 Å². The maximum Gasteiger partial charge on any atom is 0.251 e. The Morgan fingerprint density at radius 3 is 2.40 bits per heavy atom. The summed E-state index contributed by atoms with van der Waals surface area (Å²) in [5.41, 5.74) is 0.393. The van der Waals surface area contributed by atoms with Crippen molar-refractivity contribution >= 4 is 5.91 Å². The van der Waals surface area contributed by atoms with Crippen LogP contribution in [0.5, 0.6) is 0 Å². The van der Waals surface area contributed by atoms with Crippen LogP contribution in [0.25, 0.3) is 0 Å². The molecule has 0 aromatic rings. The Labute approximate surface area is 59.7 Å². The highest BCUT2D eigenvalue weighted by Gasteiger charge is 2.00. The van der Waals surface area contributed by atoms with Gasteiger partial charge in [-0.3, -0.25) is 4.79 Å². The second-order valence-corrected chi connectivity index (χ2v) is 1.82. The Bertz CT molecular complexity index is 222. The Morgan fingerprint density at radius 2 is 2.10 bits per heavy atom. The zero-order valence-electron chi connectivity index (χ0n) is 5.77. The average molecular weight is 136 g/mol. The molecule has 0 spiro atoms. The predicted molar refractivity (Wildman–Crippen MR) is 37.7 cm³/mol. The van der Waals surface area contributed by atoms with Crippen molar-refractivity contribution in [2.75, 3.05) is 0 Å². The second kappa shape index (κ2) is 3.46. The first-order chi connectivity index (χ1) is 4.57. The Balaban J connectivity index is 3.96. The summed E-state index contributed by atoms with van der Waals surface area (Å²) in [5, 5.41) is 10.4. The van der Waals surface area contributed by atoms with Crippen molar-refractivity contribution in [2.24, 2.45) is 0 Å². The number of nitrogens with zero attached hydrogens (tertiary/aromatic N) is 1. The molecule has 0 saturated carbocycles. The van der Waals surface area contributed by atoms with E-state index in [1.807, 2.05) is 0 Å². The SMILES string of the molecule is C=C(C#N)NC(=O)C(=C)C. The number of carbonyl (C=O) groups excluding carboxylic acids is 1. The van der Waals surface area contributed by atoms with Crippen LogP contribution in [0.2, 0.25) is 0 Å². The molecule has 0 aromatic heterocycles. The van der Waals surface area contributed by atoms with E-state index in [-0.39, 0.29) is 11.6 Å². The summed E-state index contributed by atoms with van der Waals surface area (Å²) in [6.45, 7) is 8.20. The van der Waals surface area contributed by atoms with Crippen LogP contribution < -0.4 is 5.32 Å². The lowest BCUT2D eigenvalue weighted by Gasteiger charge is -1.98. The van der Waals surface area contributed by atoms with E-state index in [1.54, 1.807) is 13.0 Å². The number of nitrogens with one attached hydrogen (secondary N) is 1. The van der Waals surface area contributed by atoms with E-state index < -0.39 is 0 Å². The van der Waals surface area contributed by atoms with Crippen LogP contribution in [0.15, 0.2) is 24.4 Å². The van der Waals surface area contributed by atoms with Gasteiger partial charge in [0.1, 0.15) is 11.8 Å². The van der Waals surface area contributed by atoms with Crippen LogP contribution in [0, 0.1) is 11.3 Å². The van der Waals surface area contributed by atoms with E-state index in [1.165, 1.54) is 0 Å². The molecule has 3 heteroatoms. The largest absolute Gasteiger partial charge is 0.314 e. The van der Waals surface area contributed by atoms with Crippen LogP contribution in [0.3, 0.4) is 0 Å². The van der Waals surface area contributed by atoms with Crippen molar-refractivity contribution in [3.05, 3.63) is 24.4 Å². The van der Waals surface area contributed by atoms with Crippen molar-refractivity contribution in [2.45, 2.75) is 6.92 Å². The molecule has 0 rings (SSSR count). The summed E-state index contributed by atoms with van der Waals surface area (Å²) < 4.78 is 0. The Hall–Kier alpha value is -1.56. The van der Waals surface area contributed by atoms with Crippen LogP contribution in [-0.2, 0) is 4.79 Å². The van der Waals surface area contributed by atoms with E-state index in [0.29, 0.717) is 5.57 Å². The van der Waals surface area contributed by atoms with E-state index in [0.717, 1.165) is 0 Å². The molecule has 10 heavy (non-hydrogen) atoms. The van der Waals surface area contributed by atoms with E-state index in [2.05, 4.69) is 18.5 Å². The highest BCUT2D eigenvalue weighted by molar-refractivity contribution is 5.93. The molecule has 0 aliphatic rings. The molecule has 52 valence electrons. The van der Waals surface area contributed by atoms with Crippen LogP contribution >= 0.6 is 0 Å². The maximum atomic E-state index is 10.7. The fourth-order valence-electron chi connectivity index (χ4n) is 0.272. The van der Waals surface area contributed by atoms with E-state index >= 15 is 0 Å². The van der Waals surface area contributed by atoms with Gasteiger partial charge in [-0.25, -0.2) is 0 Å². The lowest BCUT2D eigenvalue weighted by molar-refractivity contribution is -0.116. The number of carbonyl (C=O) groups is 1. The molecule has 0 aromatic carbocycles. The summed E-state index contributed by atoms with van der Waals surface area (Å²) in [7, 11) is 0. The fourth-order valence-corrected chi connectivity index (χ4v) is 0.272. The van der Waals surface area contributed by atoms with Crippen molar-refractivity contribution in [1.82, 2.24) is 5.32 Å². The van der Waals surface area contributed by atoms with Gasteiger partial charge < -0.3 is 5.32 Å². The monoisotopic (exact) mass is 136 g/mol. The number of allylic oxidation sites excluding steroid dienone is 1. The minimum atomic E-state index is -0.369. The zero-order chi connectivity index (χ0) is 8.15. The summed E-state index contributed by atoms with van der Waals surface area (Å²) >= 11 is 0. The van der Waals surface area contributed by atoms with Crippen molar-refractivity contribution in [3.8, 4) is 6.07 Å². The van der Waals surface area contributed by atoms with Crippen molar-refractivity contribution in [3.63, 3.8) is 0 Å². The first kappa shape index (κ1) is 8.44. The first-order valence-electron chi connectivity index (χ1n) is 2.63. The normalized spacial score (nSPS) is 7.60. The summed E-state index contributed by atoms with van der Waals surface area (Å²) in [6, 6.07) is 1.68. The van der Waals surface area contributed by atoms with Crippen LogP contribution in [0.1, 0.15) is 6.92 Å². The first-order valence-corrected chi connectivity index (χ1v) is 2.63. The molecule has 0 aliphatic heterocycles. The summed E-state index contributed by atoms with van der Waals surface area (Å²) in [4.78, 5) is 10.7. The number of hydrogen-bond donors (Lipinski definition) is 1. The number of amides is 1. The number of nitriles is 1. The molecule has 0 unspecified atom stereocenters. The molecule has 3 nitrogen and oxygen atoms in total. The van der Waals surface area contributed by atoms with Crippen LogP contribution in [-0.4, -0.2) is 5.91 Å². The van der Waals surface area contributed by atoms with Gasteiger partial charge in [0, 0.05) is 5.57 Å². The summed E-state index contributed by atoms with van der Waals surface area (Å²) in [6.07, 6.45) is 0. The predicted octanol–water partition coefficient (Wildman–Crippen LogP) is 0.716. The van der Waals surface area contributed by atoms with Gasteiger partial charge >= 0.3 is 0 Å². The maximum absolute atomic E-state index is 10.7. The molecule has 0 aliphatic carbocycles. The Kier molecular flexibility index (Phi) is 2.92. The third kappa shape index (κ3) is 2.68. The molecule has 0 saturated heterocycles. The second-order valence-electron chi connectivity index (χ2n) is 1.82. The van der Waals surface area contributed by atoms with Gasteiger partial charge in [-0.1, -0.05) is 13.2 Å². The van der Waals surface area contributed by atoms with E-state index in [9.17, 15) is 4.79 Å². The molecule has 1 amide bonds. The molecule has 0 atom stereocenters. The van der Waals surface area contributed by atoms with Crippen molar-refractivity contribution in [1.29, 1.82) is 5.26 Å². The molecule has 1 N–H and O–H groups in total. The lowest BCUT2D eigenvalue weighted by atomic mass is 10.3. The van der Waals surface area contributed by atoms with Crippen LogP contribution in [0.4, 0.5) is 0 Å². The number of rotatable bonds is 2. The molecular weight excluding hydrogens is 128 g/mol.